The van der Waals surface area contributed by atoms with Gasteiger partial charge in [-0.05, 0) is 49.2 Å². The number of nitrogens with zero attached hydrogens (tertiary/aromatic N) is 1. The molecule has 1 heterocycles. The summed E-state index contributed by atoms with van der Waals surface area (Å²) in [5, 5.41) is 3.35. The zero-order valence-corrected chi connectivity index (χ0v) is 15.4. The molecule has 0 atom stereocenters. The zero-order valence-electron chi connectivity index (χ0n) is 14.7. The predicted molar refractivity (Wildman–Crippen MR) is 100 cm³/mol. The number of hydrogen-bond donors (Lipinski definition) is 1. The van der Waals surface area contributed by atoms with Crippen molar-refractivity contribution in [3.63, 3.8) is 0 Å². The normalized spacial score (nSPS) is 13.7. The molecule has 8 heteroatoms. The van der Waals surface area contributed by atoms with E-state index in [1.165, 1.54) is 25.3 Å². The van der Waals surface area contributed by atoms with Crippen LogP contribution in [-0.2, 0) is 0 Å². The molecule has 0 aromatic heterocycles. The number of amides is 1. The van der Waals surface area contributed by atoms with Gasteiger partial charge in [0.2, 0.25) is 0 Å². The molecule has 1 aliphatic heterocycles. The molecule has 2 aromatic rings. The summed E-state index contributed by atoms with van der Waals surface area (Å²) in [4.78, 5) is 14.9. The van der Waals surface area contributed by atoms with Gasteiger partial charge in [-0.1, -0.05) is 11.6 Å². The van der Waals surface area contributed by atoms with Crippen molar-refractivity contribution in [2.24, 2.45) is 0 Å². The van der Waals surface area contributed by atoms with Gasteiger partial charge in [0, 0.05) is 23.7 Å². The van der Waals surface area contributed by atoms with E-state index in [9.17, 15) is 13.6 Å². The fourth-order valence-corrected chi connectivity index (χ4v) is 3.21. The first-order valence-electron chi connectivity index (χ1n) is 8.46. The average Bonchev–Trinajstić information content (AvgIpc) is 3.16. The predicted octanol–water partition coefficient (Wildman–Crippen LogP) is 4.80. The Morgan fingerprint density at radius 1 is 1.15 bits per heavy atom. The van der Waals surface area contributed by atoms with Gasteiger partial charge in [0.05, 0.1) is 18.5 Å². The molecule has 1 aliphatic rings. The number of anilines is 2. The lowest BCUT2D eigenvalue weighted by molar-refractivity contribution is -0.0512. The Labute approximate surface area is 160 Å². The SMILES string of the molecule is COc1cc(C(=O)Nc2cc(Cl)ccc2N2CCCC2)ccc1OC(F)F. The van der Waals surface area contributed by atoms with Crippen LogP contribution in [-0.4, -0.2) is 32.7 Å². The number of hydrogen-bond acceptors (Lipinski definition) is 4. The lowest BCUT2D eigenvalue weighted by Crippen LogP contribution is -2.21. The summed E-state index contributed by atoms with van der Waals surface area (Å²) in [5.41, 5.74) is 1.75. The highest BCUT2D eigenvalue weighted by molar-refractivity contribution is 6.31. The van der Waals surface area contributed by atoms with Gasteiger partial charge in [-0.15, -0.1) is 0 Å². The Morgan fingerprint density at radius 3 is 2.56 bits per heavy atom. The van der Waals surface area contributed by atoms with Crippen molar-refractivity contribution in [2.75, 3.05) is 30.4 Å². The molecule has 27 heavy (non-hydrogen) atoms. The van der Waals surface area contributed by atoms with E-state index < -0.39 is 12.5 Å². The van der Waals surface area contributed by atoms with Crippen molar-refractivity contribution in [1.29, 1.82) is 0 Å². The monoisotopic (exact) mass is 396 g/mol. The van der Waals surface area contributed by atoms with Crippen molar-refractivity contribution in [3.8, 4) is 11.5 Å². The Balaban J connectivity index is 1.84. The number of rotatable bonds is 6. The van der Waals surface area contributed by atoms with Gasteiger partial charge in [0.25, 0.3) is 5.91 Å². The van der Waals surface area contributed by atoms with Crippen LogP contribution in [0.2, 0.25) is 5.02 Å². The van der Waals surface area contributed by atoms with Crippen LogP contribution in [0.5, 0.6) is 11.5 Å². The summed E-state index contributed by atoms with van der Waals surface area (Å²) >= 11 is 6.09. The molecule has 5 nitrogen and oxygen atoms in total. The van der Waals surface area contributed by atoms with Gasteiger partial charge in [-0.2, -0.15) is 8.78 Å². The maximum absolute atomic E-state index is 12.7. The number of nitrogens with one attached hydrogen (secondary N) is 1. The first-order chi connectivity index (χ1) is 13.0. The van der Waals surface area contributed by atoms with E-state index in [-0.39, 0.29) is 17.1 Å². The number of alkyl halides is 2. The second-order valence-corrected chi connectivity index (χ2v) is 6.49. The topological polar surface area (TPSA) is 50.8 Å². The molecule has 3 rings (SSSR count). The smallest absolute Gasteiger partial charge is 0.387 e. The summed E-state index contributed by atoms with van der Waals surface area (Å²) in [7, 11) is 1.32. The van der Waals surface area contributed by atoms with E-state index in [1.807, 2.05) is 6.07 Å². The standard InChI is InChI=1S/C19H19ClF2N2O3/c1-26-17-10-12(4-7-16(17)27-19(21)22)18(25)23-14-11-13(20)5-6-15(14)24-8-2-3-9-24/h4-7,10-11,19H,2-3,8-9H2,1H3,(H,23,25). The van der Waals surface area contributed by atoms with Crippen LogP contribution in [0.25, 0.3) is 0 Å². The van der Waals surface area contributed by atoms with Crippen LogP contribution in [0.1, 0.15) is 23.2 Å². The van der Waals surface area contributed by atoms with Gasteiger partial charge >= 0.3 is 6.61 Å². The van der Waals surface area contributed by atoms with Crippen molar-refractivity contribution in [1.82, 2.24) is 0 Å². The minimum Gasteiger partial charge on any atom is -0.493 e. The van der Waals surface area contributed by atoms with Crippen molar-refractivity contribution in [3.05, 3.63) is 47.0 Å². The van der Waals surface area contributed by atoms with E-state index in [4.69, 9.17) is 16.3 Å². The van der Waals surface area contributed by atoms with E-state index in [0.29, 0.717) is 10.7 Å². The molecular formula is C19H19ClF2N2O3. The third kappa shape index (κ3) is 4.60. The van der Waals surface area contributed by atoms with Gasteiger partial charge in [-0.25, -0.2) is 0 Å². The molecule has 144 valence electrons. The number of benzene rings is 2. The molecule has 0 saturated carbocycles. The minimum absolute atomic E-state index is 0.0498. The molecule has 1 fully saturated rings. The molecule has 0 unspecified atom stereocenters. The first kappa shape index (κ1) is 19.2. The van der Waals surface area contributed by atoms with E-state index in [0.717, 1.165) is 31.6 Å². The largest absolute Gasteiger partial charge is 0.493 e. The summed E-state index contributed by atoms with van der Waals surface area (Å²) in [6.07, 6.45) is 2.19. The molecule has 1 N–H and O–H groups in total. The lowest BCUT2D eigenvalue weighted by atomic mass is 10.1. The third-order valence-electron chi connectivity index (χ3n) is 4.30. The molecule has 0 spiro atoms. The van der Waals surface area contributed by atoms with Crippen molar-refractivity contribution < 1.29 is 23.0 Å². The Kier molecular flexibility index (Phi) is 6.01. The van der Waals surface area contributed by atoms with Crippen LogP contribution >= 0.6 is 11.6 Å². The highest BCUT2D eigenvalue weighted by atomic mass is 35.5. The molecule has 0 aliphatic carbocycles. The number of carbonyl (C=O) groups is 1. The maximum atomic E-state index is 12.7. The van der Waals surface area contributed by atoms with Gasteiger partial charge < -0.3 is 19.7 Å². The quantitative estimate of drug-likeness (QED) is 0.761. The fraction of sp³-hybridized carbons (Fsp3) is 0.316. The summed E-state index contributed by atoms with van der Waals surface area (Å²) < 4.78 is 34.3. The van der Waals surface area contributed by atoms with Crippen LogP contribution < -0.4 is 19.7 Å². The molecule has 0 radical (unpaired) electrons. The number of ether oxygens (including phenoxy) is 2. The maximum Gasteiger partial charge on any atom is 0.387 e. The molecule has 2 aromatic carbocycles. The number of methoxy groups -OCH3 is 1. The molecule has 1 amide bonds. The van der Waals surface area contributed by atoms with Crippen molar-refractivity contribution >= 4 is 28.9 Å². The highest BCUT2D eigenvalue weighted by Gasteiger charge is 2.19. The van der Waals surface area contributed by atoms with Gasteiger partial charge in [0.15, 0.2) is 11.5 Å². The number of carbonyl (C=O) groups excluding carboxylic acids is 1. The number of halogens is 3. The highest BCUT2D eigenvalue weighted by Crippen LogP contribution is 2.33. The fourth-order valence-electron chi connectivity index (χ4n) is 3.04. The van der Waals surface area contributed by atoms with E-state index >= 15 is 0 Å². The Bertz CT molecular complexity index is 827. The molecule has 1 saturated heterocycles. The summed E-state index contributed by atoms with van der Waals surface area (Å²) in [6.45, 7) is -1.15. The second kappa shape index (κ2) is 8.43. The van der Waals surface area contributed by atoms with Gasteiger partial charge in [-0.3, -0.25) is 4.79 Å². The average molecular weight is 397 g/mol. The third-order valence-corrected chi connectivity index (χ3v) is 4.53. The van der Waals surface area contributed by atoms with Crippen LogP contribution in [0.4, 0.5) is 20.2 Å². The van der Waals surface area contributed by atoms with Crippen LogP contribution in [0.3, 0.4) is 0 Å². The Morgan fingerprint density at radius 2 is 1.89 bits per heavy atom. The zero-order chi connectivity index (χ0) is 19.4. The van der Waals surface area contributed by atoms with E-state index in [1.54, 1.807) is 12.1 Å². The summed E-state index contributed by atoms with van der Waals surface area (Å²) in [5.74, 6) is -0.488. The first-order valence-corrected chi connectivity index (χ1v) is 8.84. The second-order valence-electron chi connectivity index (χ2n) is 6.05. The summed E-state index contributed by atoms with van der Waals surface area (Å²) in [6, 6.07) is 9.38. The molecular weight excluding hydrogens is 378 g/mol. The molecule has 0 bridgehead atoms. The Hall–Kier alpha value is -2.54. The van der Waals surface area contributed by atoms with Crippen LogP contribution in [0.15, 0.2) is 36.4 Å². The van der Waals surface area contributed by atoms with Crippen LogP contribution in [0, 0.1) is 0 Å². The van der Waals surface area contributed by atoms with Gasteiger partial charge in [0.1, 0.15) is 0 Å². The minimum atomic E-state index is -2.98. The van der Waals surface area contributed by atoms with E-state index in [2.05, 4.69) is 15.0 Å². The lowest BCUT2D eigenvalue weighted by Gasteiger charge is -2.22. The van der Waals surface area contributed by atoms with Crippen molar-refractivity contribution in [2.45, 2.75) is 19.5 Å².